The van der Waals surface area contributed by atoms with Crippen LogP contribution in [0.1, 0.15) is 6.92 Å². The van der Waals surface area contributed by atoms with Crippen molar-refractivity contribution in [2.45, 2.75) is 17.3 Å². The molecule has 152 valence electrons. The number of amides is 1. The molecule has 1 unspecified atom stereocenters. The molecular weight excluding hydrogens is 390 g/mol. The van der Waals surface area contributed by atoms with Crippen molar-refractivity contribution in [3.63, 3.8) is 0 Å². The first-order valence-electron chi connectivity index (χ1n) is 8.93. The average molecular weight is 413 g/mol. The van der Waals surface area contributed by atoms with Gasteiger partial charge in [0.15, 0.2) is 16.7 Å². The van der Waals surface area contributed by atoms with Crippen molar-refractivity contribution in [1.82, 2.24) is 9.55 Å². The summed E-state index contributed by atoms with van der Waals surface area (Å²) < 4.78 is 17.6. The number of imidazole rings is 1. The summed E-state index contributed by atoms with van der Waals surface area (Å²) in [4.78, 5) is 17.1. The molecule has 1 heterocycles. The summed E-state index contributed by atoms with van der Waals surface area (Å²) in [5, 5.41) is 3.27. The van der Waals surface area contributed by atoms with Gasteiger partial charge in [0.2, 0.25) is 5.91 Å². The van der Waals surface area contributed by atoms with Crippen LogP contribution in [0.2, 0.25) is 0 Å². The number of aromatic nitrogens is 2. The number of rotatable bonds is 8. The van der Waals surface area contributed by atoms with Crippen molar-refractivity contribution in [1.29, 1.82) is 0 Å². The van der Waals surface area contributed by atoms with Crippen molar-refractivity contribution in [2.75, 3.05) is 26.6 Å². The van der Waals surface area contributed by atoms with Gasteiger partial charge in [-0.25, -0.2) is 4.98 Å². The van der Waals surface area contributed by atoms with Gasteiger partial charge in [-0.05, 0) is 43.3 Å². The lowest BCUT2D eigenvalue weighted by atomic mass is 10.2. The molecule has 0 saturated carbocycles. The first-order valence-corrected chi connectivity index (χ1v) is 9.81. The highest BCUT2D eigenvalue weighted by Gasteiger charge is 2.18. The Balaban J connectivity index is 1.70. The third-order valence-electron chi connectivity index (χ3n) is 4.26. The average Bonchev–Trinajstić information content (AvgIpc) is 3.21. The number of hydrogen-bond donors (Lipinski definition) is 1. The Kier molecular flexibility index (Phi) is 6.66. The first kappa shape index (κ1) is 20.6. The number of anilines is 1. The molecule has 0 aliphatic heterocycles. The predicted molar refractivity (Wildman–Crippen MR) is 114 cm³/mol. The van der Waals surface area contributed by atoms with Crippen molar-refractivity contribution < 1.29 is 19.0 Å². The van der Waals surface area contributed by atoms with E-state index in [9.17, 15) is 4.79 Å². The van der Waals surface area contributed by atoms with Crippen molar-refractivity contribution in [3.8, 4) is 22.9 Å². The highest BCUT2D eigenvalue weighted by molar-refractivity contribution is 8.00. The second-order valence-corrected chi connectivity index (χ2v) is 7.40. The SMILES string of the molecule is COc1ccc(-n2ccnc2SC(C)C(=O)Nc2ccc(OC)c(OC)c2)cc1. The number of nitrogens with one attached hydrogen (secondary N) is 1. The Hall–Kier alpha value is -3.13. The van der Waals surface area contributed by atoms with Crippen molar-refractivity contribution in [3.05, 3.63) is 54.9 Å². The van der Waals surface area contributed by atoms with E-state index in [0.29, 0.717) is 17.2 Å². The Labute approximate surface area is 174 Å². The van der Waals surface area contributed by atoms with Crippen LogP contribution in [0.3, 0.4) is 0 Å². The minimum absolute atomic E-state index is 0.133. The lowest BCUT2D eigenvalue weighted by Crippen LogP contribution is -2.22. The minimum atomic E-state index is -0.359. The third-order valence-corrected chi connectivity index (χ3v) is 5.34. The van der Waals surface area contributed by atoms with Crippen LogP contribution in [0, 0.1) is 0 Å². The summed E-state index contributed by atoms with van der Waals surface area (Å²) in [5.41, 5.74) is 1.58. The number of nitrogens with zero attached hydrogens (tertiary/aromatic N) is 2. The molecule has 0 radical (unpaired) electrons. The summed E-state index contributed by atoms with van der Waals surface area (Å²) in [6.45, 7) is 1.84. The zero-order valence-electron chi connectivity index (χ0n) is 16.7. The number of hydrogen-bond acceptors (Lipinski definition) is 6. The van der Waals surface area contributed by atoms with Crippen LogP contribution in [0.15, 0.2) is 60.0 Å². The predicted octanol–water partition coefficient (Wildman–Crippen LogP) is 4.02. The van der Waals surface area contributed by atoms with E-state index in [2.05, 4.69) is 10.3 Å². The van der Waals surface area contributed by atoms with Gasteiger partial charge >= 0.3 is 0 Å². The summed E-state index contributed by atoms with van der Waals surface area (Å²) in [5.74, 6) is 1.81. The van der Waals surface area contributed by atoms with Crippen LogP contribution in [-0.2, 0) is 4.79 Å². The van der Waals surface area contributed by atoms with Gasteiger partial charge in [0.1, 0.15) is 5.75 Å². The number of thioether (sulfide) groups is 1. The molecule has 7 nitrogen and oxygen atoms in total. The molecule has 29 heavy (non-hydrogen) atoms. The maximum absolute atomic E-state index is 12.7. The molecule has 1 atom stereocenters. The Bertz CT molecular complexity index is 972. The molecule has 8 heteroatoms. The Morgan fingerprint density at radius 3 is 2.41 bits per heavy atom. The second-order valence-electron chi connectivity index (χ2n) is 6.10. The van der Waals surface area contributed by atoms with E-state index in [-0.39, 0.29) is 11.2 Å². The van der Waals surface area contributed by atoms with Gasteiger partial charge in [0, 0.05) is 29.8 Å². The van der Waals surface area contributed by atoms with E-state index in [1.54, 1.807) is 45.7 Å². The van der Waals surface area contributed by atoms with E-state index < -0.39 is 0 Å². The topological polar surface area (TPSA) is 74.6 Å². The molecule has 1 N–H and O–H groups in total. The minimum Gasteiger partial charge on any atom is -0.497 e. The molecule has 0 fully saturated rings. The first-order chi connectivity index (χ1) is 14.0. The number of carbonyl (C=O) groups is 1. The fraction of sp³-hybridized carbons (Fsp3) is 0.238. The van der Waals surface area contributed by atoms with Gasteiger partial charge in [-0.3, -0.25) is 9.36 Å². The monoisotopic (exact) mass is 413 g/mol. The fourth-order valence-corrected chi connectivity index (χ4v) is 3.57. The van der Waals surface area contributed by atoms with Crippen LogP contribution in [0.25, 0.3) is 5.69 Å². The van der Waals surface area contributed by atoms with Gasteiger partial charge in [-0.15, -0.1) is 0 Å². The Morgan fingerprint density at radius 1 is 1.03 bits per heavy atom. The maximum Gasteiger partial charge on any atom is 0.237 e. The lowest BCUT2D eigenvalue weighted by Gasteiger charge is -2.14. The molecular formula is C21H23N3O4S. The van der Waals surface area contributed by atoms with Crippen LogP contribution in [0.5, 0.6) is 17.2 Å². The molecule has 0 aliphatic carbocycles. The van der Waals surface area contributed by atoms with Crippen molar-refractivity contribution in [2.24, 2.45) is 0 Å². The Morgan fingerprint density at radius 2 is 1.76 bits per heavy atom. The van der Waals surface area contributed by atoms with E-state index in [0.717, 1.165) is 16.6 Å². The number of benzene rings is 2. The molecule has 1 aromatic heterocycles. The molecule has 0 spiro atoms. The fourth-order valence-electron chi connectivity index (χ4n) is 2.69. The zero-order chi connectivity index (χ0) is 20.8. The van der Waals surface area contributed by atoms with Gasteiger partial charge in [-0.1, -0.05) is 11.8 Å². The van der Waals surface area contributed by atoms with E-state index in [1.807, 2.05) is 42.0 Å². The molecule has 0 bridgehead atoms. The normalized spacial score (nSPS) is 11.6. The van der Waals surface area contributed by atoms with Crippen LogP contribution < -0.4 is 19.5 Å². The second kappa shape index (κ2) is 9.38. The van der Waals surface area contributed by atoms with Crippen molar-refractivity contribution >= 4 is 23.4 Å². The highest BCUT2D eigenvalue weighted by atomic mass is 32.2. The van der Waals surface area contributed by atoms with Gasteiger partial charge in [0.05, 0.1) is 26.6 Å². The quantitative estimate of drug-likeness (QED) is 0.562. The molecule has 0 saturated heterocycles. The summed E-state index contributed by atoms with van der Waals surface area (Å²) in [6, 6.07) is 12.9. The number of methoxy groups -OCH3 is 3. The maximum atomic E-state index is 12.7. The number of carbonyl (C=O) groups excluding carboxylic acids is 1. The smallest absolute Gasteiger partial charge is 0.237 e. The van der Waals surface area contributed by atoms with Gasteiger partial charge in [0.25, 0.3) is 0 Å². The van der Waals surface area contributed by atoms with Crippen LogP contribution in [0.4, 0.5) is 5.69 Å². The molecule has 3 rings (SSSR count). The summed E-state index contributed by atoms with van der Waals surface area (Å²) >= 11 is 1.38. The van der Waals surface area contributed by atoms with Crippen LogP contribution in [-0.4, -0.2) is 42.0 Å². The largest absolute Gasteiger partial charge is 0.497 e. The highest BCUT2D eigenvalue weighted by Crippen LogP contribution is 2.31. The van der Waals surface area contributed by atoms with Gasteiger partial charge < -0.3 is 19.5 Å². The molecule has 2 aromatic carbocycles. The van der Waals surface area contributed by atoms with E-state index in [1.165, 1.54) is 11.8 Å². The standard InChI is InChI=1S/C21H23N3O4S/c1-14(20(25)23-15-5-10-18(27-3)19(13-15)28-4)29-21-22-11-12-24(21)16-6-8-17(26-2)9-7-16/h5-14H,1-4H3,(H,23,25). The summed E-state index contributed by atoms with van der Waals surface area (Å²) in [7, 11) is 4.76. The van der Waals surface area contributed by atoms with E-state index >= 15 is 0 Å². The van der Waals surface area contributed by atoms with Crippen LogP contribution >= 0.6 is 11.8 Å². The number of ether oxygens (including phenoxy) is 3. The zero-order valence-corrected chi connectivity index (χ0v) is 17.5. The molecule has 3 aromatic rings. The van der Waals surface area contributed by atoms with E-state index in [4.69, 9.17) is 14.2 Å². The third kappa shape index (κ3) is 4.83. The molecule has 1 amide bonds. The molecule has 0 aliphatic rings. The van der Waals surface area contributed by atoms with Gasteiger partial charge in [-0.2, -0.15) is 0 Å². The lowest BCUT2D eigenvalue weighted by molar-refractivity contribution is -0.115. The summed E-state index contributed by atoms with van der Waals surface area (Å²) in [6.07, 6.45) is 3.58.